The molecule has 0 aliphatic heterocycles. The van der Waals surface area contributed by atoms with Crippen LogP contribution in [0.5, 0.6) is 0 Å². The van der Waals surface area contributed by atoms with Gasteiger partial charge in [0.1, 0.15) is 0 Å². The fraction of sp³-hybridized carbons (Fsp3) is 0.714. The van der Waals surface area contributed by atoms with Crippen LogP contribution in [0.15, 0.2) is 17.5 Å². The standard InChI is InChI=1S/C14H23NS/c1-3-15-14(11(2)12-6-7-12)9-8-13-5-4-10-16-13/h4-5,10-12,14-15H,3,6-9H2,1-2H3. The molecule has 1 N–H and O–H groups in total. The molecule has 2 atom stereocenters. The zero-order chi connectivity index (χ0) is 11.4. The molecule has 0 radical (unpaired) electrons. The van der Waals surface area contributed by atoms with Crippen LogP contribution in [0, 0.1) is 11.8 Å². The van der Waals surface area contributed by atoms with Crippen LogP contribution in [0.3, 0.4) is 0 Å². The number of aryl methyl sites for hydroxylation is 1. The lowest BCUT2D eigenvalue weighted by molar-refractivity contribution is 0.330. The minimum absolute atomic E-state index is 0.722. The average Bonchev–Trinajstić information content (AvgIpc) is 3.01. The van der Waals surface area contributed by atoms with Crippen molar-refractivity contribution < 1.29 is 0 Å². The Morgan fingerprint density at radius 1 is 1.50 bits per heavy atom. The van der Waals surface area contributed by atoms with Gasteiger partial charge in [-0.2, -0.15) is 0 Å². The highest BCUT2D eigenvalue weighted by Crippen LogP contribution is 2.39. The van der Waals surface area contributed by atoms with Gasteiger partial charge in [0.25, 0.3) is 0 Å². The number of rotatable bonds is 7. The SMILES string of the molecule is CCNC(CCc1cccs1)C(C)C1CC1. The van der Waals surface area contributed by atoms with E-state index in [-0.39, 0.29) is 0 Å². The van der Waals surface area contributed by atoms with Crippen molar-refractivity contribution in [3.63, 3.8) is 0 Å². The first kappa shape index (κ1) is 12.1. The molecule has 90 valence electrons. The highest BCUT2D eigenvalue weighted by Gasteiger charge is 2.32. The topological polar surface area (TPSA) is 12.0 Å². The number of nitrogens with one attached hydrogen (secondary N) is 1. The molecule has 1 fully saturated rings. The van der Waals surface area contributed by atoms with E-state index in [1.807, 2.05) is 11.3 Å². The lowest BCUT2D eigenvalue weighted by atomic mass is 9.92. The number of hydrogen-bond acceptors (Lipinski definition) is 2. The summed E-state index contributed by atoms with van der Waals surface area (Å²) in [5, 5.41) is 5.85. The van der Waals surface area contributed by atoms with Crippen molar-refractivity contribution in [3.05, 3.63) is 22.4 Å². The summed E-state index contributed by atoms with van der Waals surface area (Å²) in [5.74, 6) is 1.87. The Kier molecular flexibility index (Phi) is 4.42. The third-order valence-electron chi connectivity index (χ3n) is 3.75. The van der Waals surface area contributed by atoms with E-state index in [1.54, 1.807) is 0 Å². The largest absolute Gasteiger partial charge is 0.314 e. The van der Waals surface area contributed by atoms with Crippen molar-refractivity contribution in [2.45, 2.75) is 45.6 Å². The van der Waals surface area contributed by atoms with Gasteiger partial charge in [0.15, 0.2) is 0 Å². The predicted octanol–water partition coefficient (Wildman–Crippen LogP) is 3.70. The van der Waals surface area contributed by atoms with Crippen LogP contribution in [0.4, 0.5) is 0 Å². The molecule has 1 aliphatic rings. The van der Waals surface area contributed by atoms with Crippen molar-refractivity contribution in [2.75, 3.05) is 6.54 Å². The summed E-state index contributed by atoms with van der Waals surface area (Å²) in [4.78, 5) is 1.53. The zero-order valence-corrected chi connectivity index (χ0v) is 11.2. The lowest BCUT2D eigenvalue weighted by Crippen LogP contribution is -2.36. The molecule has 1 aromatic heterocycles. The van der Waals surface area contributed by atoms with Gasteiger partial charge in [-0.25, -0.2) is 0 Å². The molecule has 2 rings (SSSR count). The van der Waals surface area contributed by atoms with Crippen LogP contribution >= 0.6 is 11.3 Å². The maximum absolute atomic E-state index is 3.67. The summed E-state index contributed by atoms with van der Waals surface area (Å²) in [6.45, 7) is 5.75. The van der Waals surface area contributed by atoms with Crippen LogP contribution < -0.4 is 5.32 Å². The van der Waals surface area contributed by atoms with Gasteiger partial charge < -0.3 is 5.32 Å². The van der Waals surface area contributed by atoms with Crippen LogP contribution in [0.2, 0.25) is 0 Å². The van der Waals surface area contributed by atoms with E-state index in [1.165, 1.54) is 30.6 Å². The van der Waals surface area contributed by atoms with E-state index >= 15 is 0 Å². The van der Waals surface area contributed by atoms with Crippen LogP contribution in [0.25, 0.3) is 0 Å². The van der Waals surface area contributed by atoms with Gasteiger partial charge in [-0.1, -0.05) is 19.9 Å². The van der Waals surface area contributed by atoms with Gasteiger partial charge in [-0.3, -0.25) is 0 Å². The Labute approximate surface area is 103 Å². The zero-order valence-electron chi connectivity index (χ0n) is 10.4. The average molecular weight is 237 g/mol. The predicted molar refractivity (Wildman–Crippen MR) is 72.0 cm³/mol. The van der Waals surface area contributed by atoms with Crippen molar-refractivity contribution in [3.8, 4) is 0 Å². The molecule has 0 spiro atoms. The van der Waals surface area contributed by atoms with Gasteiger partial charge in [0.2, 0.25) is 0 Å². The Balaban J connectivity index is 1.81. The van der Waals surface area contributed by atoms with E-state index < -0.39 is 0 Å². The van der Waals surface area contributed by atoms with Crippen LogP contribution in [0.1, 0.15) is 38.0 Å². The second kappa shape index (κ2) is 5.83. The summed E-state index contributed by atoms with van der Waals surface area (Å²) >= 11 is 1.89. The van der Waals surface area contributed by atoms with E-state index in [4.69, 9.17) is 0 Å². The number of hydrogen-bond donors (Lipinski definition) is 1. The molecule has 2 unspecified atom stereocenters. The maximum Gasteiger partial charge on any atom is 0.00986 e. The highest BCUT2D eigenvalue weighted by molar-refractivity contribution is 7.09. The highest BCUT2D eigenvalue weighted by atomic mass is 32.1. The molecule has 0 saturated heterocycles. The van der Waals surface area contributed by atoms with Crippen LogP contribution in [-0.4, -0.2) is 12.6 Å². The lowest BCUT2D eigenvalue weighted by Gasteiger charge is -2.24. The minimum Gasteiger partial charge on any atom is -0.314 e. The van der Waals surface area contributed by atoms with E-state index in [9.17, 15) is 0 Å². The van der Waals surface area contributed by atoms with Crippen LogP contribution in [-0.2, 0) is 6.42 Å². The molecular weight excluding hydrogens is 214 g/mol. The Morgan fingerprint density at radius 3 is 2.88 bits per heavy atom. The Hall–Kier alpha value is -0.340. The molecule has 1 saturated carbocycles. The summed E-state index contributed by atoms with van der Waals surface area (Å²) in [6.07, 6.45) is 5.46. The van der Waals surface area contributed by atoms with Crippen molar-refractivity contribution in [1.29, 1.82) is 0 Å². The summed E-state index contributed by atoms with van der Waals surface area (Å²) < 4.78 is 0. The minimum atomic E-state index is 0.722. The molecule has 0 aromatic carbocycles. The molecule has 1 heterocycles. The monoisotopic (exact) mass is 237 g/mol. The molecule has 0 bridgehead atoms. The summed E-state index contributed by atoms with van der Waals surface area (Å²) in [6, 6.07) is 5.14. The molecule has 1 aromatic rings. The smallest absolute Gasteiger partial charge is 0.00986 e. The van der Waals surface area contributed by atoms with Gasteiger partial charge in [0.05, 0.1) is 0 Å². The normalized spacial score (nSPS) is 19.6. The van der Waals surface area contributed by atoms with Crippen molar-refractivity contribution in [2.24, 2.45) is 11.8 Å². The Bertz CT molecular complexity index is 290. The molecule has 0 amide bonds. The molecule has 1 aliphatic carbocycles. The van der Waals surface area contributed by atoms with E-state index in [0.29, 0.717) is 0 Å². The quantitative estimate of drug-likeness (QED) is 0.762. The fourth-order valence-electron chi connectivity index (χ4n) is 2.52. The first-order chi connectivity index (χ1) is 7.81. The van der Waals surface area contributed by atoms with E-state index in [2.05, 4.69) is 36.7 Å². The van der Waals surface area contributed by atoms with Gasteiger partial charge >= 0.3 is 0 Å². The molecule has 1 nitrogen and oxygen atoms in total. The molecular formula is C14H23NS. The maximum atomic E-state index is 3.67. The summed E-state index contributed by atoms with van der Waals surface area (Å²) in [5.41, 5.74) is 0. The third kappa shape index (κ3) is 3.33. The Morgan fingerprint density at radius 2 is 2.31 bits per heavy atom. The summed E-state index contributed by atoms with van der Waals surface area (Å²) in [7, 11) is 0. The van der Waals surface area contributed by atoms with E-state index in [0.717, 1.165) is 24.4 Å². The van der Waals surface area contributed by atoms with Gasteiger partial charge in [0, 0.05) is 10.9 Å². The van der Waals surface area contributed by atoms with Gasteiger partial charge in [-0.05, 0) is 55.5 Å². The second-order valence-electron chi connectivity index (χ2n) is 4.98. The van der Waals surface area contributed by atoms with Crippen molar-refractivity contribution >= 4 is 11.3 Å². The van der Waals surface area contributed by atoms with Crippen molar-refractivity contribution in [1.82, 2.24) is 5.32 Å². The first-order valence-electron chi connectivity index (χ1n) is 6.57. The number of thiophene rings is 1. The van der Waals surface area contributed by atoms with Gasteiger partial charge in [-0.15, -0.1) is 11.3 Å². The first-order valence-corrected chi connectivity index (χ1v) is 7.45. The third-order valence-corrected chi connectivity index (χ3v) is 4.68. The molecule has 2 heteroatoms. The fourth-order valence-corrected chi connectivity index (χ4v) is 3.24. The second-order valence-corrected chi connectivity index (χ2v) is 6.01. The molecule has 16 heavy (non-hydrogen) atoms.